The Morgan fingerprint density at radius 1 is 1.22 bits per heavy atom. The molecule has 0 bridgehead atoms. The molecular weight excluding hydrogens is 286 g/mol. The Bertz CT molecular complexity index is 592. The molecule has 1 aliphatic carbocycles. The molecule has 23 heavy (non-hydrogen) atoms. The smallest absolute Gasteiger partial charge is 0.309 e. The summed E-state index contributed by atoms with van der Waals surface area (Å²) in [5, 5.41) is 3.55. The minimum atomic E-state index is -0.384. The SMILES string of the molecule is Cc1ccc2c(c1)NCCC21CCC(C(=O)OC(C)(C)C)CC1. The van der Waals surface area contributed by atoms with Gasteiger partial charge in [0.15, 0.2) is 0 Å². The van der Waals surface area contributed by atoms with Gasteiger partial charge in [-0.05, 0) is 82.4 Å². The molecule has 0 unspecified atom stereocenters. The second-order valence-electron chi connectivity index (χ2n) is 8.31. The van der Waals surface area contributed by atoms with Crippen molar-refractivity contribution in [3.05, 3.63) is 29.3 Å². The van der Waals surface area contributed by atoms with Gasteiger partial charge < -0.3 is 10.1 Å². The van der Waals surface area contributed by atoms with Crippen molar-refractivity contribution in [3.8, 4) is 0 Å². The van der Waals surface area contributed by atoms with Crippen LogP contribution in [0.5, 0.6) is 0 Å². The number of carbonyl (C=O) groups is 1. The van der Waals surface area contributed by atoms with Crippen LogP contribution in [0.1, 0.15) is 64.0 Å². The van der Waals surface area contributed by atoms with Gasteiger partial charge >= 0.3 is 5.97 Å². The maximum absolute atomic E-state index is 12.3. The Kier molecular flexibility index (Phi) is 4.16. The van der Waals surface area contributed by atoms with Gasteiger partial charge in [-0.2, -0.15) is 0 Å². The Labute approximate surface area is 139 Å². The minimum absolute atomic E-state index is 0.00888. The van der Waals surface area contributed by atoms with E-state index in [4.69, 9.17) is 4.74 Å². The van der Waals surface area contributed by atoms with Crippen LogP contribution in [0.15, 0.2) is 18.2 Å². The van der Waals surface area contributed by atoms with Crippen LogP contribution < -0.4 is 5.32 Å². The number of ether oxygens (including phenoxy) is 1. The molecule has 1 N–H and O–H groups in total. The van der Waals surface area contributed by atoms with Gasteiger partial charge in [-0.25, -0.2) is 0 Å². The molecule has 0 amide bonds. The summed E-state index contributed by atoms with van der Waals surface area (Å²) in [6, 6.07) is 6.77. The van der Waals surface area contributed by atoms with Crippen LogP contribution in [0.3, 0.4) is 0 Å². The molecule has 1 spiro atoms. The highest BCUT2D eigenvalue weighted by atomic mass is 16.6. The number of benzene rings is 1. The van der Waals surface area contributed by atoms with Gasteiger partial charge in [-0.15, -0.1) is 0 Å². The zero-order valence-corrected chi connectivity index (χ0v) is 14.9. The Hall–Kier alpha value is -1.51. The number of esters is 1. The van der Waals surface area contributed by atoms with E-state index < -0.39 is 0 Å². The predicted molar refractivity (Wildman–Crippen MR) is 93.8 cm³/mol. The van der Waals surface area contributed by atoms with Crippen LogP contribution in [0.25, 0.3) is 0 Å². The number of nitrogens with one attached hydrogen (secondary N) is 1. The van der Waals surface area contributed by atoms with Crippen molar-refractivity contribution < 1.29 is 9.53 Å². The van der Waals surface area contributed by atoms with Crippen LogP contribution in [0.4, 0.5) is 5.69 Å². The Morgan fingerprint density at radius 2 is 1.91 bits per heavy atom. The number of anilines is 1. The summed E-state index contributed by atoms with van der Waals surface area (Å²) in [4.78, 5) is 12.3. The van der Waals surface area contributed by atoms with E-state index in [2.05, 4.69) is 30.4 Å². The summed E-state index contributed by atoms with van der Waals surface area (Å²) in [6.07, 6.45) is 5.25. The molecule has 0 aromatic heterocycles. The molecule has 3 nitrogen and oxygen atoms in total. The zero-order valence-electron chi connectivity index (χ0n) is 14.9. The average molecular weight is 315 g/mol. The zero-order chi connectivity index (χ0) is 16.7. The van der Waals surface area contributed by atoms with E-state index in [0.717, 1.165) is 32.2 Å². The Balaban J connectivity index is 1.73. The predicted octanol–water partition coefficient (Wildman–Crippen LogP) is 4.58. The van der Waals surface area contributed by atoms with E-state index in [1.54, 1.807) is 0 Å². The monoisotopic (exact) mass is 315 g/mol. The number of fused-ring (bicyclic) bond motifs is 2. The van der Waals surface area contributed by atoms with Crippen molar-refractivity contribution in [2.24, 2.45) is 5.92 Å². The van der Waals surface area contributed by atoms with E-state index in [-0.39, 0.29) is 22.9 Å². The van der Waals surface area contributed by atoms with Crippen molar-refractivity contribution in [2.75, 3.05) is 11.9 Å². The second-order valence-corrected chi connectivity index (χ2v) is 8.31. The highest BCUT2D eigenvalue weighted by molar-refractivity contribution is 5.73. The lowest BCUT2D eigenvalue weighted by atomic mass is 9.63. The third-order valence-electron chi connectivity index (χ3n) is 5.35. The first kappa shape index (κ1) is 16.4. The first-order valence-corrected chi connectivity index (χ1v) is 8.87. The fraction of sp³-hybridized carbons (Fsp3) is 0.650. The van der Waals surface area contributed by atoms with Gasteiger partial charge in [-0.1, -0.05) is 12.1 Å². The minimum Gasteiger partial charge on any atom is -0.460 e. The summed E-state index contributed by atoms with van der Waals surface area (Å²) in [5.41, 5.74) is 3.93. The molecule has 0 atom stereocenters. The fourth-order valence-electron chi connectivity index (χ4n) is 4.15. The molecule has 1 saturated carbocycles. The molecule has 3 rings (SSSR count). The molecule has 1 aromatic carbocycles. The van der Waals surface area contributed by atoms with Gasteiger partial charge in [0.05, 0.1) is 5.92 Å². The third-order valence-corrected chi connectivity index (χ3v) is 5.35. The molecule has 1 aliphatic heterocycles. The second kappa shape index (κ2) is 5.85. The third kappa shape index (κ3) is 3.39. The Morgan fingerprint density at radius 3 is 2.57 bits per heavy atom. The fourth-order valence-corrected chi connectivity index (χ4v) is 4.15. The van der Waals surface area contributed by atoms with Gasteiger partial charge in [0.2, 0.25) is 0 Å². The molecule has 3 heteroatoms. The van der Waals surface area contributed by atoms with E-state index in [1.807, 2.05) is 20.8 Å². The lowest BCUT2D eigenvalue weighted by Gasteiger charge is -2.44. The summed E-state index contributed by atoms with van der Waals surface area (Å²) >= 11 is 0. The van der Waals surface area contributed by atoms with Gasteiger partial charge in [0.25, 0.3) is 0 Å². The van der Waals surface area contributed by atoms with Crippen molar-refractivity contribution in [1.82, 2.24) is 0 Å². The number of carbonyl (C=O) groups excluding carboxylic acids is 1. The van der Waals surface area contributed by atoms with Crippen LogP contribution in [-0.4, -0.2) is 18.1 Å². The normalized spacial score (nSPS) is 27.2. The van der Waals surface area contributed by atoms with Crippen molar-refractivity contribution in [2.45, 2.75) is 70.8 Å². The topological polar surface area (TPSA) is 38.3 Å². The van der Waals surface area contributed by atoms with E-state index >= 15 is 0 Å². The molecular formula is C20H29NO2. The standard InChI is InChI=1S/C20H29NO2/c1-14-5-6-16-17(13-14)21-12-11-20(16)9-7-15(8-10-20)18(22)23-19(2,3)4/h5-6,13,15,21H,7-12H2,1-4H3. The highest BCUT2D eigenvalue weighted by Gasteiger charge is 2.42. The van der Waals surface area contributed by atoms with E-state index in [9.17, 15) is 4.79 Å². The molecule has 0 saturated heterocycles. The maximum Gasteiger partial charge on any atom is 0.309 e. The summed E-state index contributed by atoms with van der Waals surface area (Å²) in [5.74, 6) is 0.0639. The van der Waals surface area contributed by atoms with Crippen LogP contribution in [0.2, 0.25) is 0 Å². The first-order valence-electron chi connectivity index (χ1n) is 8.87. The quantitative estimate of drug-likeness (QED) is 0.771. The molecule has 126 valence electrons. The lowest BCUT2D eigenvalue weighted by Crippen LogP contribution is -2.40. The molecule has 1 heterocycles. The van der Waals surface area contributed by atoms with Crippen molar-refractivity contribution >= 4 is 11.7 Å². The lowest BCUT2D eigenvalue weighted by molar-refractivity contribution is -0.161. The summed E-state index contributed by atoms with van der Waals surface area (Å²) < 4.78 is 5.59. The highest BCUT2D eigenvalue weighted by Crippen LogP contribution is 2.48. The maximum atomic E-state index is 12.3. The number of rotatable bonds is 1. The summed E-state index contributed by atoms with van der Waals surface area (Å²) in [6.45, 7) is 9.01. The first-order chi connectivity index (χ1) is 10.8. The van der Waals surface area contributed by atoms with E-state index in [0.29, 0.717) is 0 Å². The van der Waals surface area contributed by atoms with Gasteiger partial charge in [0, 0.05) is 12.2 Å². The van der Waals surface area contributed by atoms with E-state index in [1.165, 1.54) is 23.2 Å². The molecule has 2 aliphatic rings. The van der Waals surface area contributed by atoms with Crippen LogP contribution in [-0.2, 0) is 14.9 Å². The molecule has 0 radical (unpaired) electrons. The summed E-state index contributed by atoms with van der Waals surface area (Å²) in [7, 11) is 0. The van der Waals surface area contributed by atoms with Crippen LogP contribution in [0, 0.1) is 12.8 Å². The number of hydrogen-bond acceptors (Lipinski definition) is 3. The van der Waals surface area contributed by atoms with Gasteiger partial charge in [-0.3, -0.25) is 4.79 Å². The van der Waals surface area contributed by atoms with Crippen molar-refractivity contribution in [3.63, 3.8) is 0 Å². The molecule has 1 fully saturated rings. The largest absolute Gasteiger partial charge is 0.460 e. The molecule has 1 aromatic rings. The van der Waals surface area contributed by atoms with Crippen molar-refractivity contribution in [1.29, 1.82) is 0 Å². The average Bonchev–Trinajstić information content (AvgIpc) is 2.46. The number of aryl methyl sites for hydroxylation is 1. The van der Waals surface area contributed by atoms with Crippen LogP contribution >= 0.6 is 0 Å². The van der Waals surface area contributed by atoms with Gasteiger partial charge in [0.1, 0.15) is 5.60 Å². The number of hydrogen-bond donors (Lipinski definition) is 1.